The first-order valence-corrected chi connectivity index (χ1v) is 19.4. The Hall–Kier alpha value is -3.90. The molecule has 4 nitrogen and oxygen atoms in total. The topological polar surface area (TPSA) is 21.8 Å². The lowest BCUT2D eigenvalue weighted by Crippen LogP contribution is -2.58. The molecule has 4 aliphatic rings. The van der Waals surface area contributed by atoms with Gasteiger partial charge in [0, 0.05) is 86.6 Å². The third-order valence-corrected chi connectivity index (χ3v) is 11.3. The van der Waals surface area contributed by atoms with E-state index < -0.39 is 5.92 Å². The third kappa shape index (κ3) is 9.17. The number of aryl methyl sites for hydroxylation is 1. The SMILES string of the molecule is C=C/C(=C\C(=C/C)C(=C)NC(C)c1ccc(C(=C2CC3(C2)CN(C)C3)c2ccc(C)cc2)cc1)N1CCN(C(=C)C2CCC(F)(F)C2)CC1.CCC. The van der Waals surface area contributed by atoms with Gasteiger partial charge >= 0.3 is 0 Å². The number of hydrogen-bond donors (Lipinski definition) is 1. The van der Waals surface area contributed by atoms with Crippen molar-refractivity contribution >= 4 is 5.57 Å². The Morgan fingerprint density at radius 1 is 0.942 bits per heavy atom. The summed E-state index contributed by atoms with van der Waals surface area (Å²) in [5.41, 5.74) is 12.3. The summed E-state index contributed by atoms with van der Waals surface area (Å²) >= 11 is 0. The first-order valence-electron chi connectivity index (χ1n) is 19.4. The standard InChI is InChI=1S/C43H54F2N4.C3H8/c1-8-34(24-40(9-2)49-22-20-48(21-23-49)33(6)38-18-19-43(44,45)27-38)31(4)46-32(5)35-14-16-37(17-15-35)41(36-12-10-30(3)11-13-36)39-25-42(26-39)28-47(7)29-42;1-3-2/h8-17,24,32,38,46H,2,4,6,18-23,25-29H2,1,3,5,7H3;3H2,1-2H3/b34-8+,40-24+;. The predicted octanol–water partition coefficient (Wildman–Crippen LogP) is 10.7. The maximum absolute atomic E-state index is 13.8. The Kier molecular flexibility index (Phi) is 12.7. The average molecular weight is 709 g/mol. The van der Waals surface area contributed by atoms with Crippen molar-refractivity contribution in [1.82, 2.24) is 20.0 Å². The lowest BCUT2D eigenvalue weighted by atomic mass is 9.59. The Bertz CT molecular complexity index is 1660. The van der Waals surface area contributed by atoms with Crippen LogP contribution in [-0.2, 0) is 0 Å². The molecule has 52 heavy (non-hydrogen) atoms. The molecule has 4 fully saturated rings. The van der Waals surface area contributed by atoms with Crippen molar-refractivity contribution in [2.24, 2.45) is 11.3 Å². The van der Waals surface area contributed by atoms with E-state index in [2.05, 4.69) is 135 Å². The highest BCUT2D eigenvalue weighted by Crippen LogP contribution is 2.54. The molecule has 2 aliphatic heterocycles. The molecule has 2 aromatic carbocycles. The van der Waals surface area contributed by atoms with Crippen LogP contribution in [-0.4, -0.2) is 66.9 Å². The number of nitrogens with one attached hydrogen (secondary N) is 1. The van der Waals surface area contributed by atoms with Crippen molar-refractivity contribution < 1.29 is 8.78 Å². The molecular weight excluding hydrogens is 647 g/mol. The van der Waals surface area contributed by atoms with Crippen LogP contribution in [0.15, 0.2) is 115 Å². The van der Waals surface area contributed by atoms with E-state index in [4.69, 9.17) is 0 Å². The molecule has 2 atom stereocenters. The van der Waals surface area contributed by atoms with Gasteiger partial charge in [0.05, 0.1) is 0 Å². The van der Waals surface area contributed by atoms with E-state index in [1.807, 2.05) is 13.0 Å². The monoisotopic (exact) mass is 708 g/mol. The van der Waals surface area contributed by atoms with Crippen LogP contribution < -0.4 is 5.32 Å². The smallest absolute Gasteiger partial charge is 0.248 e. The zero-order valence-corrected chi connectivity index (χ0v) is 32.7. The van der Waals surface area contributed by atoms with Crippen LogP contribution in [0, 0.1) is 18.3 Å². The van der Waals surface area contributed by atoms with Gasteiger partial charge in [0.25, 0.3) is 0 Å². The van der Waals surface area contributed by atoms with Crippen LogP contribution in [0.3, 0.4) is 0 Å². The Labute approximate surface area is 313 Å². The van der Waals surface area contributed by atoms with E-state index in [1.54, 1.807) is 5.57 Å². The van der Waals surface area contributed by atoms with Gasteiger partial charge in [0.1, 0.15) is 0 Å². The summed E-state index contributed by atoms with van der Waals surface area (Å²) in [4.78, 5) is 6.94. The molecule has 0 bridgehead atoms. The molecule has 2 aliphatic carbocycles. The third-order valence-electron chi connectivity index (χ3n) is 11.3. The number of allylic oxidation sites excluding steroid dienone is 5. The molecule has 280 valence electrons. The number of nitrogens with zero attached hydrogens (tertiary/aromatic N) is 3. The Morgan fingerprint density at radius 3 is 2.00 bits per heavy atom. The summed E-state index contributed by atoms with van der Waals surface area (Å²) in [5.74, 6) is -2.67. The molecule has 2 saturated carbocycles. The van der Waals surface area contributed by atoms with Gasteiger partial charge in [0.15, 0.2) is 0 Å². The summed E-state index contributed by atoms with van der Waals surface area (Å²) in [6.45, 7) is 28.9. The van der Waals surface area contributed by atoms with Gasteiger partial charge in [-0.2, -0.15) is 0 Å². The van der Waals surface area contributed by atoms with Crippen LogP contribution in [0.25, 0.3) is 5.57 Å². The predicted molar refractivity (Wildman–Crippen MR) is 216 cm³/mol. The maximum atomic E-state index is 13.8. The zero-order valence-electron chi connectivity index (χ0n) is 32.7. The quantitative estimate of drug-likeness (QED) is 0.235. The number of rotatable bonds is 11. The number of alkyl halides is 2. The number of benzene rings is 2. The van der Waals surface area contributed by atoms with Gasteiger partial charge in [0.2, 0.25) is 5.92 Å². The lowest BCUT2D eigenvalue weighted by molar-refractivity contribution is -0.0106. The van der Waals surface area contributed by atoms with E-state index in [9.17, 15) is 8.78 Å². The fourth-order valence-electron chi connectivity index (χ4n) is 8.54. The fourth-order valence-corrected chi connectivity index (χ4v) is 8.54. The number of piperazine rings is 1. The van der Waals surface area contributed by atoms with Crippen molar-refractivity contribution in [3.63, 3.8) is 0 Å². The molecule has 0 aromatic heterocycles. The normalized spacial score (nSPS) is 21.8. The largest absolute Gasteiger partial charge is 0.379 e. The van der Waals surface area contributed by atoms with Gasteiger partial charge < -0.3 is 20.0 Å². The highest BCUT2D eigenvalue weighted by atomic mass is 19.3. The van der Waals surface area contributed by atoms with Crippen LogP contribution >= 0.6 is 0 Å². The minimum Gasteiger partial charge on any atom is -0.379 e. The maximum Gasteiger partial charge on any atom is 0.248 e. The first kappa shape index (κ1) is 39.3. The van der Waals surface area contributed by atoms with Crippen molar-refractivity contribution in [3.8, 4) is 0 Å². The Morgan fingerprint density at radius 2 is 1.50 bits per heavy atom. The van der Waals surface area contributed by atoms with Crippen LogP contribution in [0.5, 0.6) is 0 Å². The van der Waals surface area contributed by atoms with Gasteiger partial charge in [-0.25, -0.2) is 8.78 Å². The molecule has 2 heterocycles. The molecule has 2 saturated heterocycles. The minimum absolute atomic E-state index is 0.0278. The van der Waals surface area contributed by atoms with Crippen molar-refractivity contribution in [3.05, 3.63) is 137 Å². The summed E-state index contributed by atoms with van der Waals surface area (Å²) in [6, 6.07) is 18.1. The second-order valence-electron chi connectivity index (χ2n) is 15.8. The van der Waals surface area contributed by atoms with E-state index in [1.165, 1.54) is 60.2 Å². The second kappa shape index (κ2) is 16.8. The summed E-state index contributed by atoms with van der Waals surface area (Å²) in [5, 5.41) is 3.64. The number of likely N-dealkylation sites (tertiary alicyclic amines) is 1. The van der Waals surface area contributed by atoms with Crippen LogP contribution in [0.2, 0.25) is 0 Å². The molecule has 0 radical (unpaired) electrons. The molecule has 2 aromatic rings. The summed E-state index contributed by atoms with van der Waals surface area (Å²) < 4.78 is 27.6. The van der Waals surface area contributed by atoms with Crippen LogP contribution in [0.4, 0.5) is 8.78 Å². The molecule has 1 spiro atoms. The molecule has 6 rings (SSSR count). The highest BCUT2D eigenvalue weighted by Gasteiger charge is 2.49. The van der Waals surface area contributed by atoms with Gasteiger partial charge in [-0.1, -0.05) is 106 Å². The van der Waals surface area contributed by atoms with E-state index >= 15 is 0 Å². The second-order valence-corrected chi connectivity index (χ2v) is 15.8. The Balaban J connectivity index is 0.00000168. The van der Waals surface area contributed by atoms with Crippen molar-refractivity contribution in [2.45, 2.75) is 85.1 Å². The van der Waals surface area contributed by atoms with Gasteiger partial charge in [-0.05, 0) is 87.1 Å². The molecule has 2 unspecified atom stereocenters. The molecule has 1 N–H and O–H groups in total. The van der Waals surface area contributed by atoms with Crippen LogP contribution in [0.1, 0.15) is 94.5 Å². The average Bonchev–Trinajstić information content (AvgIpc) is 3.47. The van der Waals surface area contributed by atoms with Crippen molar-refractivity contribution in [2.75, 3.05) is 46.3 Å². The molecule has 0 amide bonds. The van der Waals surface area contributed by atoms with Gasteiger partial charge in [-0.3, -0.25) is 0 Å². The van der Waals surface area contributed by atoms with Crippen molar-refractivity contribution in [1.29, 1.82) is 0 Å². The van der Waals surface area contributed by atoms with E-state index in [-0.39, 0.29) is 24.8 Å². The number of halogens is 2. The molecule has 6 heteroatoms. The van der Waals surface area contributed by atoms with E-state index in [0.29, 0.717) is 11.8 Å². The molecular formula is C46H62F2N4. The first-order chi connectivity index (χ1) is 24.8. The zero-order chi connectivity index (χ0) is 37.6. The summed E-state index contributed by atoms with van der Waals surface area (Å²) in [7, 11) is 2.22. The lowest BCUT2D eigenvalue weighted by Gasteiger charge is -2.56. The number of hydrogen-bond acceptors (Lipinski definition) is 4. The summed E-state index contributed by atoms with van der Waals surface area (Å²) in [6.07, 6.45) is 10.2. The van der Waals surface area contributed by atoms with Gasteiger partial charge in [-0.15, -0.1) is 0 Å². The van der Waals surface area contributed by atoms with E-state index in [0.717, 1.165) is 48.8 Å². The minimum atomic E-state index is -2.55. The highest BCUT2D eigenvalue weighted by molar-refractivity contribution is 5.83. The fraction of sp³-hybridized carbons (Fsp3) is 0.478.